The van der Waals surface area contributed by atoms with Crippen LogP contribution >= 0.6 is 0 Å². The van der Waals surface area contributed by atoms with Gasteiger partial charge in [-0.1, -0.05) is 11.2 Å². The molecule has 2 aromatic rings. The smallest absolute Gasteiger partial charge is 0.150 e. The number of nitrogens with zero attached hydrogens (tertiary/aromatic N) is 4. The molecule has 0 aliphatic carbocycles. The van der Waals surface area contributed by atoms with Crippen LogP contribution in [0.15, 0.2) is 35.0 Å². The van der Waals surface area contributed by atoms with Gasteiger partial charge in [0.15, 0.2) is 5.76 Å². The van der Waals surface area contributed by atoms with E-state index in [4.69, 9.17) is 4.52 Å². The molecular formula is C16H20N4O. The number of hydrogen-bond acceptors (Lipinski definition) is 5. The van der Waals surface area contributed by atoms with Crippen molar-refractivity contribution in [1.82, 2.24) is 19.9 Å². The Bertz CT molecular complexity index is 612. The van der Waals surface area contributed by atoms with Gasteiger partial charge in [0.1, 0.15) is 0 Å². The summed E-state index contributed by atoms with van der Waals surface area (Å²) in [5.41, 5.74) is 2.13. The van der Waals surface area contributed by atoms with E-state index >= 15 is 0 Å². The molecule has 21 heavy (non-hydrogen) atoms. The minimum atomic E-state index is 0.643. The average Bonchev–Trinajstić information content (AvgIpc) is 3.17. The van der Waals surface area contributed by atoms with Gasteiger partial charge in [0.05, 0.1) is 17.9 Å². The van der Waals surface area contributed by atoms with Crippen molar-refractivity contribution >= 4 is 0 Å². The predicted molar refractivity (Wildman–Crippen MR) is 78.5 cm³/mol. The van der Waals surface area contributed by atoms with Crippen molar-refractivity contribution < 1.29 is 4.52 Å². The zero-order valence-electron chi connectivity index (χ0n) is 12.3. The van der Waals surface area contributed by atoms with E-state index in [-0.39, 0.29) is 0 Å². The molecule has 0 aromatic carbocycles. The second kappa shape index (κ2) is 5.24. The number of piperazine rings is 1. The van der Waals surface area contributed by atoms with Crippen molar-refractivity contribution in [3.8, 4) is 0 Å². The second-order valence-corrected chi connectivity index (χ2v) is 6.16. The van der Waals surface area contributed by atoms with Gasteiger partial charge in [-0.15, -0.1) is 0 Å². The molecule has 2 bridgehead atoms. The lowest BCUT2D eigenvalue weighted by Gasteiger charge is -2.33. The Kier molecular flexibility index (Phi) is 3.24. The van der Waals surface area contributed by atoms with Crippen molar-refractivity contribution in [2.45, 2.75) is 38.5 Å². The standard InChI is InChI=1S/C16H20N4O/c1-12-6-16(21-18-12)11-20-10-14-7-15(20)9-19(14)8-13-4-2-3-5-17-13/h2-6,14-15H,7-11H2,1H3. The molecule has 2 aliphatic rings. The number of hydrogen-bond donors (Lipinski definition) is 0. The highest BCUT2D eigenvalue weighted by Gasteiger charge is 2.43. The third-order valence-electron chi connectivity index (χ3n) is 4.59. The molecule has 4 heterocycles. The van der Waals surface area contributed by atoms with Crippen LogP contribution in [0, 0.1) is 6.92 Å². The maximum atomic E-state index is 5.34. The van der Waals surface area contributed by atoms with E-state index in [9.17, 15) is 0 Å². The van der Waals surface area contributed by atoms with E-state index in [1.165, 1.54) is 12.1 Å². The van der Waals surface area contributed by atoms with Crippen LogP contribution in [-0.4, -0.2) is 45.1 Å². The van der Waals surface area contributed by atoms with Crippen LogP contribution < -0.4 is 0 Å². The summed E-state index contributed by atoms with van der Waals surface area (Å²) in [4.78, 5) is 9.53. The van der Waals surface area contributed by atoms with Gasteiger partial charge in [0.25, 0.3) is 0 Å². The molecule has 0 radical (unpaired) electrons. The Balaban J connectivity index is 1.37. The van der Waals surface area contributed by atoms with Crippen molar-refractivity contribution in [3.63, 3.8) is 0 Å². The van der Waals surface area contributed by atoms with Crippen LogP contribution in [-0.2, 0) is 13.1 Å². The molecule has 2 fully saturated rings. The molecule has 2 aliphatic heterocycles. The van der Waals surface area contributed by atoms with Crippen molar-refractivity contribution in [2.75, 3.05) is 13.1 Å². The number of fused-ring (bicyclic) bond motifs is 2. The SMILES string of the molecule is Cc1cc(CN2CC3CC2CN3Cc2ccccn2)on1. The van der Waals surface area contributed by atoms with Crippen LogP contribution in [0.2, 0.25) is 0 Å². The van der Waals surface area contributed by atoms with E-state index in [0.717, 1.165) is 37.6 Å². The Hall–Kier alpha value is -1.72. The van der Waals surface area contributed by atoms with E-state index in [2.05, 4.69) is 32.1 Å². The van der Waals surface area contributed by atoms with E-state index in [0.29, 0.717) is 12.1 Å². The lowest BCUT2D eigenvalue weighted by Crippen LogP contribution is -2.45. The van der Waals surface area contributed by atoms with Gasteiger partial charge in [0.2, 0.25) is 0 Å². The molecule has 2 aromatic heterocycles. The topological polar surface area (TPSA) is 45.4 Å². The fraction of sp³-hybridized carbons (Fsp3) is 0.500. The van der Waals surface area contributed by atoms with Gasteiger partial charge in [-0.3, -0.25) is 14.8 Å². The fourth-order valence-corrected chi connectivity index (χ4v) is 3.61. The molecule has 0 saturated carbocycles. The van der Waals surface area contributed by atoms with Gasteiger partial charge >= 0.3 is 0 Å². The predicted octanol–water partition coefficient (Wildman–Crippen LogP) is 1.84. The highest BCUT2D eigenvalue weighted by molar-refractivity contribution is 5.09. The molecule has 0 spiro atoms. The molecule has 0 amide bonds. The minimum Gasteiger partial charge on any atom is -0.360 e. The number of aryl methyl sites for hydroxylation is 1. The maximum absolute atomic E-state index is 5.34. The first-order chi connectivity index (χ1) is 10.3. The van der Waals surface area contributed by atoms with Gasteiger partial charge in [0, 0.05) is 44.0 Å². The van der Waals surface area contributed by atoms with Crippen LogP contribution in [0.25, 0.3) is 0 Å². The summed E-state index contributed by atoms with van der Waals surface area (Å²) in [6.45, 7) is 6.08. The Morgan fingerprint density at radius 2 is 2.00 bits per heavy atom. The summed E-state index contributed by atoms with van der Waals surface area (Å²) in [7, 11) is 0. The quantitative estimate of drug-likeness (QED) is 0.857. The normalized spacial score (nSPS) is 25.8. The Morgan fingerprint density at radius 3 is 2.62 bits per heavy atom. The zero-order valence-corrected chi connectivity index (χ0v) is 12.3. The number of likely N-dealkylation sites (tertiary alicyclic amines) is 2. The van der Waals surface area contributed by atoms with Gasteiger partial charge in [-0.25, -0.2) is 0 Å². The molecule has 0 N–H and O–H groups in total. The summed E-state index contributed by atoms with van der Waals surface area (Å²) >= 11 is 0. The number of aromatic nitrogens is 2. The number of rotatable bonds is 4. The van der Waals surface area contributed by atoms with Gasteiger partial charge in [-0.2, -0.15) is 0 Å². The molecule has 5 heteroatoms. The summed E-state index contributed by atoms with van der Waals surface area (Å²) in [6, 6.07) is 9.49. The first-order valence-electron chi connectivity index (χ1n) is 7.58. The number of pyridine rings is 1. The fourth-order valence-electron chi connectivity index (χ4n) is 3.61. The molecule has 2 atom stereocenters. The Morgan fingerprint density at radius 1 is 1.19 bits per heavy atom. The van der Waals surface area contributed by atoms with E-state index in [1.807, 2.05) is 25.3 Å². The van der Waals surface area contributed by atoms with E-state index < -0.39 is 0 Å². The molecule has 4 rings (SSSR count). The van der Waals surface area contributed by atoms with Crippen molar-refractivity contribution in [3.05, 3.63) is 47.6 Å². The first-order valence-corrected chi connectivity index (χ1v) is 7.58. The van der Waals surface area contributed by atoms with Gasteiger partial charge < -0.3 is 4.52 Å². The maximum Gasteiger partial charge on any atom is 0.150 e. The third-order valence-corrected chi connectivity index (χ3v) is 4.59. The molecule has 2 saturated heterocycles. The highest BCUT2D eigenvalue weighted by Crippen LogP contribution is 2.32. The van der Waals surface area contributed by atoms with Crippen LogP contribution in [0.1, 0.15) is 23.6 Å². The van der Waals surface area contributed by atoms with Crippen LogP contribution in [0.3, 0.4) is 0 Å². The van der Waals surface area contributed by atoms with E-state index in [1.54, 1.807) is 0 Å². The average molecular weight is 284 g/mol. The summed E-state index contributed by atoms with van der Waals surface area (Å²) < 4.78 is 5.34. The van der Waals surface area contributed by atoms with Crippen LogP contribution in [0.5, 0.6) is 0 Å². The molecular weight excluding hydrogens is 264 g/mol. The molecule has 2 unspecified atom stereocenters. The summed E-state index contributed by atoms with van der Waals surface area (Å²) in [5.74, 6) is 0.983. The molecule has 110 valence electrons. The lowest BCUT2D eigenvalue weighted by atomic mass is 10.2. The van der Waals surface area contributed by atoms with Crippen molar-refractivity contribution in [1.29, 1.82) is 0 Å². The minimum absolute atomic E-state index is 0.643. The molecule has 5 nitrogen and oxygen atoms in total. The second-order valence-electron chi connectivity index (χ2n) is 6.16. The summed E-state index contributed by atoms with van der Waals surface area (Å²) in [5, 5.41) is 3.97. The van der Waals surface area contributed by atoms with Crippen LogP contribution in [0.4, 0.5) is 0 Å². The van der Waals surface area contributed by atoms with Gasteiger partial charge in [-0.05, 0) is 25.5 Å². The highest BCUT2D eigenvalue weighted by atomic mass is 16.5. The van der Waals surface area contributed by atoms with Crippen molar-refractivity contribution in [2.24, 2.45) is 0 Å². The zero-order chi connectivity index (χ0) is 14.2. The first kappa shape index (κ1) is 13.0. The monoisotopic (exact) mass is 284 g/mol. The summed E-state index contributed by atoms with van der Waals surface area (Å²) in [6.07, 6.45) is 3.14. The largest absolute Gasteiger partial charge is 0.360 e. The lowest BCUT2D eigenvalue weighted by molar-refractivity contribution is 0.109. The third kappa shape index (κ3) is 2.59. The Labute approximate surface area is 124 Å².